The Labute approximate surface area is 106 Å². The van der Waals surface area contributed by atoms with E-state index in [1.54, 1.807) is 0 Å². The van der Waals surface area contributed by atoms with E-state index in [0.29, 0.717) is 12.0 Å². The molecular weight excluding hydrogens is 214 g/mol. The van der Waals surface area contributed by atoms with Gasteiger partial charge in [0.1, 0.15) is 0 Å². The summed E-state index contributed by atoms with van der Waals surface area (Å²) >= 11 is 0. The number of likely N-dealkylation sites (N-methyl/N-ethyl adjacent to an activating group) is 1. The maximum absolute atomic E-state index is 10.1. The molecule has 17 heavy (non-hydrogen) atoms. The van der Waals surface area contributed by atoms with Gasteiger partial charge in [-0.15, -0.1) is 0 Å². The van der Waals surface area contributed by atoms with Crippen molar-refractivity contribution in [1.29, 1.82) is 0 Å². The fraction of sp³-hybridized carbons (Fsp3) is 1.00. The van der Waals surface area contributed by atoms with Crippen LogP contribution in [0.3, 0.4) is 0 Å². The first-order valence-electron chi connectivity index (χ1n) is 7.15. The van der Waals surface area contributed by atoms with Gasteiger partial charge in [-0.1, -0.05) is 20.3 Å². The lowest BCUT2D eigenvalue weighted by molar-refractivity contribution is 0.0106. The van der Waals surface area contributed by atoms with Crippen molar-refractivity contribution in [2.75, 3.05) is 26.8 Å². The highest BCUT2D eigenvalue weighted by Gasteiger charge is 2.24. The molecule has 1 heterocycles. The molecule has 3 atom stereocenters. The zero-order chi connectivity index (χ0) is 12.7. The number of hydrogen-bond acceptors (Lipinski definition) is 3. The van der Waals surface area contributed by atoms with Crippen molar-refractivity contribution in [3.05, 3.63) is 0 Å². The van der Waals surface area contributed by atoms with Gasteiger partial charge >= 0.3 is 0 Å². The van der Waals surface area contributed by atoms with Crippen molar-refractivity contribution in [1.82, 2.24) is 4.90 Å². The zero-order valence-corrected chi connectivity index (χ0v) is 11.7. The van der Waals surface area contributed by atoms with Crippen LogP contribution in [0.1, 0.15) is 46.0 Å². The Bertz CT molecular complexity index is 193. The highest BCUT2D eigenvalue weighted by molar-refractivity contribution is 4.78. The monoisotopic (exact) mass is 243 g/mol. The van der Waals surface area contributed by atoms with Crippen LogP contribution in [0, 0.1) is 5.92 Å². The van der Waals surface area contributed by atoms with Crippen LogP contribution in [0.4, 0.5) is 0 Å². The molecule has 1 aliphatic heterocycles. The van der Waals surface area contributed by atoms with Gasteiger partial charge in [0, 0.05) is 19.2 Å². The van der Waals surface area contributed by atoms with E-state index in [1.807, 2.05) is 0 Å². The van der Waals surface area contributed by atoms with Crippen LogP contribution in [0.5, 0.6) is 0 Å². The SMILES string of the molecule is CCCC(O)C(CC)N(C)CC1CCCOC1. The average Bonchev–Trinajstić information content (AvgIpc) is 2.31. The molecule has 0 amide bonds. The van der Waals surface area contributed by atoms with E-state index in [9.17, 15) is 5.11 Å². The summed E-state index contributed by atoms with van der Waals surface area (Å²) in [5.74, 6) is 0.650. The summed E-state index contributed by atoms with van der Waals surface area (Å²) in [5.41, 5.74) is 0. The number of aliphatic hydroxyl groups is 1. The topological polar surface area (TPSA) is 32.7 Å². The quantitative estimate of drug-likeness (QED) is 0.744. The Morgan fingerprint density at radius 1 is 1.41 bits per heavy atom. The van der Waals surface area contributed by atoms with Gasteiger partial charge in [0.05, 0.1) is 12.7 Å². The number of ether oxygens (including phenoxy) is 1. The van der Waals surface area contributed by atoms with Crippen LogP contribution < -0.4 is 0 Å². The van der Waals surface area contributed by atoms with Gasteiger partial charge in [-0.3, -0.25) is 0 Å². The predicted octanol–water partition coefficient (Wildman–Crippen LogP) is 2.28. The van der Waals surface area contributed by atoms with E-state index in [0.717, 1.165) is 39.0 Å². The van der Waals surface area contributed by atoms with Crippen LogP contribution in [0.2, 0.25) is 0 Å². The lowest BCUT2D eigenvalue weighted by Crippen LogP contribution is -2.44. The molecule has 0 bridgehead atoms. The zero-order valence-electron chi connectivity index (χ0n) is 11.7. The van der Waals surface area contributed by atoms with Crippen molar-refractivity contribution in [2.24, 2.45) is 5.92 Å². The summed E-state index contributed by atoms with van der Waals surface area (Å²) < 4.78 is 5.52. The van der Waals surface area contributed by atoms with E-state index in [4.69, 9.17) is 4.74 Å². The minimum Gasteiger partial charge on any atom is -0.391 e. The highest BCUT2D eigenvalue weighted by Crippen LogP contribution is 2.18. The van der Waals surface area contributed by atoms with Crippen LogP contribution in [-0.2, 0) is 4.74 Å². The first-order chi connectivity index (χ1) is 8.19. The Hall–Kier alpha value is -0.120. The molecule has 0 radical (unpaired) electrons. The molecule has 3 nitrogen and oxygen atoms in total. The van der Waals surface area contributed by atoms with E-state index in [1.165, 1.54) is 12.8 Å². The lowest BCUT2D eigenvalue weighted by atomic mass is 9.98. The lowest BCUT2D eigenvalue weighted by Gasteiger charge is -2.34. The molecule has 0 saturated carbocycles. The van der Waals surface area contributed by atoms with Crippen molar-refractivity contribution in [3.8, 4) is 0 Å². The Balaban J connectivity index is 2.38. The van der Waals surface area contributed by atoms with Crippen LogP contribution in [0.25, 0.3) is 0 Å². The highest BCUT2D eigenvalue weighted by atomic mass is 16.5. The minimum atomic E-state index is -0.181. The largest absolute Gasteiger partial charge is 0.391 e. The molecule has 0 aromatic rings. The second kappa shape index (κ2) is 8.06. The fourth-order valence-electron chi connectivity index (χ4n) is 2.86. The molecule has 0 spiro atoms. The molecular formula is C14H29NO2. The molecule has 3 heteroatoms. The summed E-state index contributed by atoms with van der Waals surface area (Å²) in [4.78, 5) is 2.33. The maximum Gasteiger partial charge on any atom is 0.0695 e. The summed E-state index contributed by atoms with van der Waals surface area (Å²) in [5, 5.41) is 10.1. The van der Waals surface area contributed by atoms with Gasteiger partial charge in [-0.25, -0.2) is 0 Å². The summed E-state index contributed by atoms with van der Waals surface area (Å²) in [7, 11) is 2.14. The number of aliphatic hydroxyl groups excluding tert-OH is 1. The van der Waals surface area contributed by atoms with Crippen molar-refractivity contribution >= 4 is 0 Å². The Kier molecular flexibility index (Phi) is 7.09. The molecule has 1 saturated heterocycles. The first-order valence-corrected chi connectivity index (χ1v) is 7.15. The van der Waals surface area contributed by atoms with Gasteiger partial charge in [0.15, 0.2) is 0 Å². The van der Waals surface area contributed by atoms with Crippen molar-refractivity contribution in [2.45, 2.75) is 58.1 Å². The molecule has 3 unspecified atom stereocenters. The molecule has 1 aliphatic rings. The van der Waals surface area contributed by atoms with Crippen LogP contribution >= 0.6 is 0 Å². The van der Waals surface area contributed by atoms with Gasteiger partial charge in [0.2, 0.25) is 0 Å². The standard InChI is InChI=1S/C14H29NO2/c1-4-7-14(16)13(5-2)15(3)10-12-8-6-9-17-11-12/h12-14,16H,4-11H2,1-3H3. The molecule has 1 fully saturated rings. The molecule has 0 aliphatic carbocycles. The van der Waals surface area contributed by atoms with E-state index < -0.39 is 0 Å². The molecule has 102 valence electrons. The van der Waals surface area contributed by atoms with Crippen LogP contribution in [-0.4, -0.2) is 49.0 Å². The normalized spacial score (nSPS) is 24.9. The maximum atomic E-state index is 10.1. The van der Waals surface area contributed by atoms with Gasteiger partial charge in [0.25, 0.3) is 0 Å². The number of nitrogens with zero attached hydrogens (tertiary/aromatic N) is 1. The molecule has 0 aromatic carbocycles. The summed E-state index contributed by atoms with van der Waals surface area (Å²) in [6, 6.07) is 0.303. The number of hydrogen-bond donors (Lipinski definition) is 1. The minimum absolute atomic E-state index is 0.181. The second-order valence-corrected chi connectivity index (χ2v) is 5.35. The molecule has 1 N–H and O–H groups in total. The third-order valence-electron chi connectivity index (χ3n) is 3.81. The summed E-state index contributed by atoms with van der Waals surface area (Å²) in [6.07, 6.45) is 5.25. The second-order valence-electron chi connectivity index (χ2n) is 5.35. The fourth-order valence-corrected chi connectivity index (χ4v) is 2.86. The van der Waals surface area contributed by atoms with E-state index in [-0.39, 0.29) is 6.10 Å². The average molecular weight is 243 g/mol. The third-order valence-corrected chi connectivity index (χ3v) is 3.81. The van der Waals surface area contributed by atoms with E-state index >= 15 is 0 Å². The van der Waals surface area contributed by atoms with Gasteiger partial charge in [-0.2, -0.15) is 0 Å². The predicted molar refractivity (Wildman–Crippen MR) is 71.2 cm³/mol. The Morgan fingerprint density at radius 2 is 2.18 bits per heavy atom. The van der Waals surface area contributed by atoms with E-state index in [2.05, 4.69) is 25.8 Å². The third kappa shape index (κ3) is 4.94. The van der Waals surface area contributed by atoms with Crippen LogP contribution in [0.15, 0.2) is 0 Å². The molecule has 0 aromatic heterocycles. The van der Waals surface area contributed by atoms with Crippen molar-refractivity contribution < 1.29 is 9.84 Å². The van der Waals surface area contributed by atoms with Gasteiger partial charge < -0.3 is 14.7 Å². The first kappa shape index (κ1) is 14.9. The smallest absolute Gasteiger partial charge is 0.0695 e. The Morgan fingerprint density at radius 3 is 2.71 bits per heavy atom. The van der Waals surface area contributed by atoms with Gasteiger partial charge in [-0.05, 0) is 38.6 Å². The van der Waals surface area contributed by atoms with Crippen molar-refractivity contribution in [3.63, 3.8) is 0 Å². The number of rotatable bonds is 7. The molecule has 1 rings (SSSR count). The summed E-state index contributed by atoms with van der Waals surface area (Å²) in [6.45, 7) is 7.17.